The number of hydrogen-bond donors (Lipinski definition) is 3. The lowest BCUT2D eigenvalue weighted by Crippen LogP contribution is -2.32. The highest BCUT2D eigenvalue weighted by Crippen LogP contribution is 2.25. The number of aromatic nitrogens is 2. The van der Waals surface area contributed by atoms with Crippen LogP contribution in [0.1, 0.15) is 34.1 Å². The van der Waals surface area contributed by atoms with E-state index in [9.17, 15) is 14.4 Å². The Labute approximate surface area is 189 Å². The number of hydrogen-bond acceptors (Lipinski definition) is 5. The van der Waals surface area contributed by atoms with Crippen LogP contribution < -0.4 is 11.1 Å². The number of carbonyl (C=O) groups is 3. The van der Waals surface area contributed by atoms with Crippen LogP contribution >= 0.6 is 0 Å². The fourth-order valence-corrected chi connectivity index (χ4v) is 3.40. The highest BCUT2D eigenvalue weighted by atomic mass is 16.5. The second kappa shape index (κ2) is 9.35. The van der Waals surface area contributed by atoms with Crippen molar-refractivity contribution in [3.63, 3.8) is 0 Å². The average Bonchev–Trinajstić information content (AvgIpc) is 3.27. The number of nitrogens with zero attached hydrogens (tertiary/aromatic N) is 1. The molecule has 0 saturated heterocycles. The smallest absolute Gasteiger partial charge is 0.339 e. The number of imidazole rings is 1. The van der Waals surface area contributed by atoms with Crippen LogP contribution in [0.2, 0.25) is 0 Å². The summed E-state index contributed by atoms with van der Waals surface area (Å²) in [6.45, 7) is 1.75. The Hall–Kier alpha value is -4.46. The molecule has 0 radical (unpaired) electrons. The maximum Gasteiger partial charge on any atom is 0.339 e. The van der Waals surface area contributed by atoms with E-state index in [2.05, 4.69) is 15.3 Å². The highest BCUT2D eigenvalue weighted by Gasteiger charge is 2.24. The summed E-state index contributed by atoms with van der Waals surface area (Å²) in [7, 11) is 0. The number of nitrogens with one attached hydrogen (secondary N) is 2. The third-order valence-electron chi connectivity index (χ3n) is 5.14. The lowest BCUT2D eigenvalue weighted by molar-refractivity contribution is -0.124. The summed E-state index contributed by atoms with van der Waals surface area (Å²) in [4.78, 5) is 44.7. The van der Waals surface area contributed by atoms with Crippen LogP contribution in [0.5, 0.6) is 0 Å². The number of carbonyl (C=O) groups excluding carboxylic acids is 3. The number of esters is 1. The van der Waals surface area contributed by atoms with Gasteiger partial charge in [0.25, 0.3) is 5.91 Å². The molecule has 0 bridgehead atoms. The van der Waals surface area contributed by atoms with E-state index in [1.54, 1.807) is 43.3 Å². The Morgan fingerprint density at radius 3 is 2.39 bits per heavy atom. The lowest BCUT2D eigenvalue weighted by atomic mass is 10.1. The Kier molecular flexibility index (Phi) is 6.17. The number of amides is 2. The van der Waals surface area contributed by atoms with E-state index >= 15 is 0 Å². The quantitative estimate of drug-likeness (QED) is 0.374. The molecule has 0 saturated carbocycles. The van der Waals surface area contributed by atoms with Crippen LogP contribution in [-0.2, 0) is 9.53 Å². The number of H-pyrrole nitrogens is 1. The number of para-hydroxylation sites is 2. The van der Waals surface area contributed by atoms with E-state index < -0.39 is 23.9 Å². The summed E-state index contributed by atoms with van der Waals surface area (Å²) in [5.74, 6) is -1.12. The molecule has 2 amide bonds. The number of aromatic amines is 1. The number of nitrogens with two attached hydrogens (primary N) is 1. The molecule has 0 aliphatic carbocycles. The van der Waals surface area contributed by atoms with Crippen molar-refractivity contribution in [1.29, 1.82) is 0 Å². The van der Waals surface area contributed by atoms with Crippen molar-refractivity contribution in [1.82, 2.24) is 9.97 Å². The Bertz CT molecular complexity index is 1290. The zero-order chi connectivity index (χ0) is 23.4. The van der Waals surface area contributed by atoms with Crippen molar-refractivity contribution in [3.8, 4) is 11.4 Å². The molecule has 4 rings (SSSR count). The maximum absolute atomic E-state index is 13.0. The van der Waals surface area contributed by atoms with Gasteiger partial charge in [-0.3, -0.25) is 9.59 Å². The number of ether oxygens (including phenoxy) is 1. The molecular weight excluding hydrogens is 420 g/mol. The SMILES string of the molecule is CCC(OC(=O)c1ccccc1-c1nc2ccccc2[nH]1)C(=O)Nc1ccc(C(N)=O)cc1. The normalized spacial score (nSPS) is 11.7. The first-order chi connectivity index (χ1) is 16.0. The van der Waals surface area contributed by atoms with E-state index in [4.69, 9.17) is 10.5 Å². The van der Waals surface area contributed by atoms with Gasteiger partial charge < -0.3 is 20.8 Å². The average molecular weight is 442 g/mol. The minimum atomic E-state index is -1.00. The predicted molar refractivity (Wildman–Crippen MR) is 125 cm³/mol. The first kappa shape index (κ1) is 21.8. The Morgan fingerprint density at radius 1 is 1.00 bits per heavy atom. The number of anilines is 1. The van der Waals surface area contributed by atoms with Gasteiger partial charge in [-0.2, -0.15) is 0 Å². The van der Waals surface area contributed by atoms with Gasteiger partial charge in [-0.15, -0.1) is 0 Å². The Balaban J connectivity index is 1.52. The van der Waals surface area contributed by atoms with Crippen molar-refractivity contribution >= 4 is 34.5 Å². The fourth-order valence-electron chi connectivity index (χ4n) is 3.40. The van der Waals surface area contributed by atoms with Crippen LogP contribution in [0.3, 0.4) is 0 Å². The molecule has 1 atom stereocenters. The molecule has 33 heavy (non-hydrogen) atoms. The van der Waals surface area contributed by atoms with E-state index in [0.717, 1.165) is 11.0 Å². The van der Waals surface area contributed by atoms with Crippen molar-refractivity contribution in [3.05, 3.63) is 83.9 Å². The molecule has 4 N–H and O–H groups in total. The lowest BCUT2D eigenvalue weighted by Gasteiger charge is -2.17. The third-order valence-corrected chi connectivity index (χ3v) is 5.14. The van der Waals surface area contributed by atoms with Gasteiger partial charge in [0.15, 0.2) is 6.10 Å². The predicted octanol–water partition coefficient (Wildman–Crippen LogP) is 3.90. The molecule has 0 aliphatic rings. The number of fused-ring (bicyclic) bond motifs is 1. The molecule has 0 fully saturated rings. The van der Waals surface area contributed by atoms with E-state index in [-0.39, 0.29) is 6.42 Å². The van der Waals surface area contributed by atoms with Gasteiger partial charge >= 0.3 is 5.97 Å². The van der Waals surface area contributed by atoms with E-state index in [1.807, 2.05) is 24.3 Å². The monoisotopic (exact) mass is 442 g/mol. The van der Waals surface area contributed by atoms with Gasteiger partial charge in [0, 0.05) is 16.8 Å². The first-order valence-corrected chi connectivity index (χ1v) is 10.4. The summed E-state index contributed by atoms with van der Waals surface area (Å²) in [6, 6.07) is 20.6. The zero-order valence-corrected chi connectivity index (χ0v) is 17.9. The van der Waals surface area contributed by atoms with Crippen LogP contribution in [0.25, 0.3) is 22.4 Å². The molecule has 0 spiro atoms. The second-order valence-corrected chi connectivity index (χ2v) is 7.38. The summed E-state index contributed by atoms with van der Waals surface area (Å²) in [5.41, 5.74) is 8.53. The standard InChI is InChI=1S/C25H22N4O4/c1-2-21(24(31)27-16-13-11-15(12-14-16)22(26)30)33-25(32)18-8-4-3-7-17(18)23-28-19-9-5-6-10-20(19)29-23/h3-14,21H,2H2,1H3,(H2,26,30)(H,27,31)(H,28,29). The molecule has 8 heteroatoms. The molecular formula is C25H22N4O4. The second-order valence-electron chi connectivity index (χ2n) is 7.38. The van der Waals surface area contributed by atoms with Crippen LogP contribution in [0, 0.1) is 0 Å². The van der Waals surface area contributed by atoms with Gasteiger partial charge in [-0.05, 0) is 48.9 Å². The Morgan fingerprint density at radius 2 is 1.70 bits per heavy atom. The minimum absolute atomic E-state index is 0.281. The number of rotatable bonds is 7. The van der Waals surface area contributed by atoms with Crippen molar-refractivity contribution < 1.29 is 19.1 Å². The van der Waals surface area contributed by atoms with Gasteiger partial charge in [0.1, 0.15) is 5.82 Å². The zero-order valence-electron chi connectivity index (χ0n) is 17.9. The molecule has 0 aliphatic heterocycles. The molecule has 1 unspecified atom stereocenters. The van der Waals surface area contributed by atoms with E-state index in [1.165, 1.54) is 12.1 Å². The van der Waals surface area contributed by atoms with Crippen molar-refractivity contribution in [2.24, 2.45) is 5.73 Å². The van der Waals surface area contributed by atoms with Crippen molar-refractivity contribution in [2.75, 3.05) is 5.32 Å². The summed E-state index contributed by atoms with van der Waals surface area (Å²) >= 11 is 0. The number of primary amides is 1. The molecule has 8 nitrogen and oxygen atoms in total. The summed E-state index contributed by atoms with van der Waals surface area (Å²) in [5, 5.41) is 2.69. The fraction of sp³-hybridized carbons (Fsp3) is 0.120. The van der Waals surface area contributed by atoms with Gasteiger partial charge in [0.2, 0.25) is 5.91 Å². The number of benzene rings is 3. The van der Waals surface area contributed by atoms with Crippen LogP contribution in [-0.4, -0.2) is 33.9 Å². The molecule has 166 valence electrons. The highest BCUT2D eigenvalue weighted by molar-refractivity contribution is 6.01. The molecule has 4 aromatic rings. The first-order valence-electron chi connectivity index (χ1n) is 10.4. The third kappa shape index (κ3) is 4.74. The molecule has 1 aromatic heterocycles. The van der Waals surface area contributed by atoms with E-state index in [0.29, 0.717) is 28.2 Å². The summed E-state index contributed by atoms with van der Waals surface area (Å²) < 4.78 is 5.55. The minimum Gasteiger partial charge on any atom is -0.449 e. The van der Waals surface area contributed by atoms with Crippen molar-refractivity contribution in [2.45, 2.75) is 19.4 Å². The van der Waals surface area contributed by atoms with Gasteiger partial charge in [0.05, 0.1) is 16.6 Å². The largest absolute Gasteiger partial charge is 0.449 e. The summed E-state index contributed by atoms with van der Waals surface area (Å²) in [6.07, 6.45) is -0.721. The van der Waals surface area contributed by atoms with Crippen LogP contribution in [0.4, 0.5) is 5.69 Å². The van der Waals surface area contributed by atoms with Crippen LogP contribution in [0.15, 0.2) is 72.8 Å². The van der Waals surface area contributed by atoms with Gasteiger partial charge in [-0.1, -0.05) is 37.3 Å². The molecule has 3 aromatic carbocycles. The maximum atomic E-state index is 13.0. The topological polar surface area (TPSA) is 127 Å². The van der Waals surface area contributed by atoms with Gasteiger partial charge in [-0.25, -0.2) is 9.78 Å². The molecule has 1 heterocycles.